The maximum absolute atomic E-state index is 13.1. The topological polar surface area (TPSA) is 77.1 Å². The zero-order valence-electron chi connectivity index (χ0n) is 20.6. The normalized spacial score (nSPS) is 15.9. The van der Waals surface area contributed by atoms with Gasteiger partial charge in [-0.05, 0) is 66.4 Å². The van der Waals surface area contributed by atoms with E-state index in [9.17, 15) is 8.42 Å². The van der Waals surface area contributed by atoms with E-state index in [-0.39, 0.29) is 17.5 Å². The third-order valence-electron chi connectivity index (χ3n) is 6.42. The molecule has 0 radical (unpaired) electrons. The molecule has 0 amide bonds. The lowest BCUT2D eigenvalue weighted by molar-refractivity contribution is 0.176. The van der Waals surface area contributed by atoms with Crippen LogP contribution >= 0.6 is 0 Å². The van der Waals surface area contributed by atoms with Crippen LogP contribution < -0.4 is 18.9 Å². The summed E-state index contributed by atoms with van der Waals surface area (Å²) in [5.74, 6) is 1.91. The fraction of sp³-hybridized carbons (Fsp3) is 0.333. The number of benzene rings is 3. The lowest BCUT2D eigenvalue weighted by Gasteiger charge is -2.38. The number of aryl methyl sites for hydroxylation is 1. The van der Waals surface area contributed by atoms with Crippen LogP contribution in [0, 0.1) is 6.92 Å². The molecule has 0 fully saturated rings. The Morgan fingerprint density at radius 2 is 1.66 bits per heavy atom. The van der Waals surface area contributed by atoms with Crippen molar-refractivity contribution in [2.45, 2.75) is 30.8 Å². The molecular formula is C27H32N2O5S. The number of methoxy groups -OCH3 is 3. The van der Waals surface area contributed by atoms with Gasteiger partial charge >= 0.3 is 0 Å². The lowest BCUT2D eigenvalue weighted by Crippen LogP contribution is -2.41. The highest BCUT2D eigenvalue weighted by atomic mass is 32.2. The van der Waals surface area contributed by atoms with Crippen molar-refractivity contribution >= 4 is 10.0 Å². The molecule has 0 bridgehead atoms. The van der Waals surface area contributed by atoms with Crippen LogP contribution in [-0.2, 0) is 23.0 Å². The second kappa shape index (κ2) is 10.7. The SMILES string of the molecule is COc1ccc(S(=O)(=O)NCC2c3cc(OC)c(OC)cc3CCN2Cc2cccc(C)c2)cc1. The molecule has 4 rings (SSSR count). The van der Waals surface area contributed by atoms with Gasteiger partial charge in [-0.1, -0.05) is 29.8 Å². The van der Waals surface area contributed by atoms with Crippen molar-refractivity contribution in [3.63, 3.8) is 0 Å². The Hall–Kier alpha value is -3.07. The summed E-state index contributed by atoms with van der Waals surface area (Å²) in [6, 6.07) is 18.6. The van der Waals surface area contributed by atoms with Crippen LogP contribution in [0.25, 0.3) is 0 Å². The fourth-order valence-corrected chi connectivity index (χ4v) is 5.62. The average Bonchev–Trinajstić information content (AvgIpc) is 2.87. The zero-order valence-corrected chi connectivity index (χ0v) is 21.4. The highest BCUT2D eigenvalue weighted by molar-refractivity contribution is 7.89. The van der Waals surface area contributed by atoms with E-state index in [0.29, 0.717) is 23.8 Å². The van der Waals surface area contributed by atoms with Gasteiger partial charge in [0.1, 0.15) is 5.75 Å². The molecule has 7 nitrogen and oxygen atoms in total. The van der Waals surface area contributed by atoms with Crippen molar-refractivity contribution in [1.29, 1.82) is 0 Å². The van der Waals surface area contributed by atoms with Crippen LogP contribution in [-0.4, -0.2) is 47.7 Å². The monoisotopic (exact) mass is 496 g/mol. The van der Waals surface area contributed by atoms with Gasteiger partial charge in [0.15, 0.2) is 11.5 Å². The summed E-state index contributed by atoms with van der Waals surface area (Å²) >= 11 is 0. The first kappa shape index (κ1) is 25.0. The van der Waals surface area contributed by atoms with Crippen molar-refractivity contribution in [2.75, 3.05) is 34.4 Å². The minimum Gasteiger partial charge on any atom is -0.497 e. The molecule has 1 atom stereocenters. The van der Waals surface area contributed by atoms with E-state index < -0.39 is 10.0 Å². The van der Waals surface area contributed by atoms with Crippen LogP contribution in [0.4, 0.5) is 0 Å². The number of fused-ring (bicyclic) bond motifs is 1. The number of hydrogen-bond acceptors (Lipinski definition) is 6. The lowest BCUT2D eigenvalue weighted by atomic mass is 9.91. The molecule has 3 aromatic rings. The number of sulfonamides is 1. The summed E-state index contributed by atoms with van der Waals surface area (Å²) in [5.41, 5.74) is 4.57. The predicted molar refractivity (Wildman–Crippen MR) is 136 cm³/mol. The predicted octanol–water partition coefficient (Wildman–Crippen LogP) is 4.10. The Labute approximate surface area is 207 Å². The third kappa shape index (κ3) is 5.61. The third-order valence-corrected chi connectivity index (χ3v) is 7.86. The minimum absolute atomic E-state index is 0.174. The summed E-state index contributed by atoms with van der Waals surface area (Å²) < 4.78 is 45.3. The van der Waals surface area contributed by atoms with Crippen LogP contribution in [0.3, 0.4) is 0 Å². The minimum atomic E-state index is -3.71. The molecule has 1 N–H and O–H groups in total. The molecule has 186 valence electrons. The van der Waals surface area contributed by atoms with Gasteiger partial charge in [0.2, 0.25) is 10.0 Å². The van der Waals surface area contributed by atoms with Crippen molar-refractivity contribution in [3.8, 4) is 17.2 Å². The van der Waals surface area contributed by atoms with Gasteiger partial charge in [-0.2, -0.15) is 0 Å². The van der Waals surface area contributed by atoms with Gasteiger partial charge in [0.05, 0.1) is 26.2 Å². The second-order valence-electron chi connectivity index (χ2n) is 8.66. The first-order valence-electron chi connectivity index (χ1n) is 11.5. The Morgan fingerprint density at radius 1 is 0.943 bits per heavy atom. The molecule has 0 aromatic heterocycles. The number of nitrogens with one attached hydrogen (secondary N) is 1. The number of ether oxygens (including phenoxy) is 3. The molecule has 1 heterocycles. The van der Waals surface area contributed by atoms with Gasteiger partial charge in [-0.25, -0.2) is 13.1 Å². The molecule has 0 aliphatic carbocycles. The van der Waals surface area contributed by atoms with Gasteiger partial charge in [-0.15, -0.1) is 0 Å². The molecule has 1 aliphatic heterocycles. The largest absolute Gasteiger partial charge is 0.497 e. The summed E-state index contributed by atoms with van der Waals surface area (Å²) in [6.07, 6.45) is 0.837. The maximum atomic E-state index is 13.1. The standard InChI is InChI=1S/C27H32N2O5S/c1-19-6-5-7-20(14-19)18-29-13-12-21-15-26(33-3)27(34-4)16-24(21)25(29)17-28-35(30,31)23-10-8-22(32-2)9-11-23/h5-11,14-16,25,28H,12-13,17-18H2,1-4H3. The Balaban J connectivity index is 1.65. The zero-order chi connectivity index (χ0) is 25.0. The second-order valence-corrected chi connectivity index (χ2v) is 10.4. The number of hydrogen-bond donors (Lipinski definition) is 1. The summed E-state index contributed by atoms with van der Waals surface area (Å²) in [4.78, 5) is 2.52. The van der Waals surface area contributed by atoms with Gasteiger partial charge in [0.25, 0.3) is 0 Å². The van der Waals surface area contributed by atoms with E-state index in [4.69, 9.17) is 14.2 Å². The Morgan fingerprint density at radius 3 is 2.31 bits per heavy atom. The average molecular weight is 497 g/mol. The maximum Gasteiger partial charge on any atom is 0.240 e. The van der Waals surface area contributed by atoms with Gasteiger partial charge in [-0.3, -0.25) is 4.90 Å². The van der Waals surface area contributed by atoms with Crippen LogP contribution in [0.1, 0.15) is 28.3 Å². The van der Waals surface area contributed by atoms with E-state index >= 15 is 0 Å². The Kier molecular flexibility index (Phi) is 7.64. The first-order chi connectivity index (χ1) is 16.8. The van der Waals surface area contributed by atoms with E-state index in [1.807, 2.05) is 12.1 Å². The van der Waals surface area contributed by atoms with E-state index in [0.717, 1.165) is 24.1 Å². The molecule has 0 saturated heterocycles. The summed E-state index contributed by atoms with van der Waals surface area (Å²) in [5, 5.41) is 0. The smallest absolute Gasteiger partial charge is 0.240 e. The molecular weight excluding hydrogens is 464 g/mol. The van der Waals surface area contributed by atoms with E-state index in [1.54, 1.807) is 45.6 Å². The molecule has 3 aromatic carbocycles. The van der Waals surface area contributed by atoms with Crippen LogP contribution in [0.2, 0.25) is 0 Å². The highest BCUT2D eigenvalue weighted by Gasteiger charge is 2.30. The first-order valence-corrected chi connectivity index (χ1v) is 13.0. The van der Waals surface area contributed by atoms with E-state index in [1.165, 1.54) is 11.1 Å². The van der Waals surface area contributed by atoms with Crippen molar-refractivity contribution < 1.29 is 22.6 Å². The van der Waals surface area contributed by atoms with Crippen molar-refractivity contribution in [1.82, 2.24) is 9.62 Å². The van der Waals surface area contributed by atoms with Crippen molar-refractivity contribution in [3.05, 3.63) is 82.9 Å². The van der Waals surface area contributed by atoms with Crippen LogP contribution in [0.15, 0.2) is 65.6 Å². The molecule has 1 aliphatic rings. The Bertz CT molecular complexity index is 1280. The van der Waals surface area contributed by atoms with Gasteiger partial charge in [0, 0.05) is 25.7 Å². The van der Waals surface area contributed by atoms with Crippen molar-refractivity contribution in [2.24, 2.45) is 0 Å². The molecule has 8 heteroatoms. The fourth-order valence-electron chi connectivity index (χ4n) is 4.58. The summed E-state index contributed by atoms with van der Waals surface area (Å²) in [6.45, 7) is 3.81. The molecule has 35 heavy (non-hydrogen) atoms. The number of nitrogens with zero attached hydrogens (tertiary/aromatic N) is 1. The van der Waals surface area contributed by atoms with E-state index in [2.05, 4.69) is 40.8 Å². The molecule has 0 saturated carbocycles. The highest BCUT2D eigenvalue weighted by Crippen LogP contribution is 2.38. The number of rotatable bonds is 9. The van der Waals surface area contributed by atoms with Crippen LogP contribution in [0.5, 0.6) is 17.2 Å². The molecule has 1 unspecified atom stereocenters. The quantitative estimate of drug-likeness (QED) is 0.481. The summed E-state index contributed by atoms with van der Waals surface area (Å²) in [7, 11) is 1.08. The van der Waals surface area contributed by atoms with Gasteiger partial charge < -0.3 is 14.2 Å². The molecule has 0 spiro atoms.